The Morgan fingerprint density at radius 3 is 0.887 bits per heavy atom. The average molecular weight is 792 g/mol. The minimum Gasteiger partial charge on any atom is -0.309 e. The van der Waals surface area contributed by atoms with Gasteiger partial charge in [-0.25, -0.2) is 15.0 Å². The summed E-state index contributed by atoms with van der Waals surface area (Å²) in [5.74, 6) is 1.81. The molecule has 0 fully saturated rings. The fourth-order valence-corrected chi connectivity index (χ4v) is 9.15. The number of hydrogen-bond donors (Lipinski definition) is 0. The third kappa shape index (κ3) is 5.90. The first-order valence-electron chi connectivity index (χ1n) is 21.0. The van der Waals surface area contributed by atoms with Gasteiger partial charge in [-0.1, -0.05) is 188 Å². The fraction of sp³-hybridized carbons (Fsp3) is 0. The maximum Gasteiger partial charge on any atom is 0.164 e. The van der Waals surface area contributed by atoms with Gasteiger partial charge in [-0.3, -0.25) is 0 Å². The number of nitrogens with zero attached hydrogens (tertiary/aromatic N) is 5. The monoisotopic (exact) mass is 791 g/mol. The van der Waals surface area contributed by atoms with Crippen molar-refractivity contribution in [3.8, 4) is 67.8 Å². The Morgan fingerprint density at radius 1 is 0.242 bits per heavy atom. The molecule has 12 rings (SSSR count). The molecule has 0 spiro atoms. The largest absolute Gasteiger partial charge is 0.309 e. The minimum atomic E-state index is 0.598. The van der Waals surface area contributed by atoms with Crippen molar-refractivity contribution in [2.45, 2.75) is 0 Å². The van der Waals surface area contributed by atoms with Crippen molar-refractivity contribution < 1.29 is 0 Å². The van der Waals surface area contributed by atoms with Crippen LogP contribution in [0.1, 0.15) is 0 Å². The highest BCUT2D eigenvalue weighted by molar-refractivity contribution is 6.11. The van der Waals surface area contributed by atoms with Crippen molar-refractivity contribution in [2.24, 2.45) is 0 Å². The number of para-hydroxylation sites is 4. The molecular weight excluding hydrogens is 755 g/mol. The quantitative estimate of drug-likeness (QED) is 0.162. The third-order valence-electron chi connectivity index (χ3n) is 12.0. The smallest absolute Gasteiger partial charge is 0.164 e. The molecule has 0 bridgehead atoms. The molecule has 0 atom stereocenters. The molecule has 0 aliphatic heterocycles. The van der Waals surface area contributed by atoms with E-state index >= 15 is 0 Å². The second-order valence-corrected chi connectivity index (χ2v) is 15.6. The average Bonchev–Trinajstić information content (AvgIpc) is 3.87. The zero-order chi connectivity index (χ0) is 41.0. The van der Waals surface area contributed by atoms with Crippen LogP contribution in [-0.2, 0) is 0 Å². The first-order chi connectivity index (χ1) is 30.8. The Hall–Kier alpha value is -8.41. The van der Waals surface area contributed by atoms with Gasteiger partial charge in [0.15, 0.2) is 17.5 Å². The van der Waals surface area contributed by atoms with Crippen LogP contribution in [0.3, 0.4) is 0 Å². The molecular formula is C57H37N5. The van der Waals surface area contributed by atoms with Crippen molar-refractivity contribution in [1.82, 2.24) is 24.1 Å². The molecule has 0 amide bonds. The highest BCUT2D eigenvalue weighted by atomic mass is 15.0. The molecule has 9 aromatic carbocycles. The molecule has 3 heterocycles. The van der Waals surface area contributed by atoms with E-state index in [0.717, 1.165) is 72.4 Å². The lowest BCUT2D eigenvalue weighted by atomic mass is 10.00. The molecule has 0 aliphatic carbocycles. The minimum absolute atomic E-state index is 0.598. The summed E-state index contributed by atoms with van der Waals surface area (Å²) in [6.07, 6.45) is 0. The lowest BCUT2D eigenvalue weighted by Crippen LogP contribution is -2.03. The summed E-state index contributed by atoms with van der Waals surface area (Å²) in [6, 6.07) is 79.2. The second kappa shape index (κ2) is 14.7. The number of aromatic nitrogens is 5. The Bertz CT molecular complexity index is 3300. The molecule has 3 aromatic heterocycles. The Balaban J connectivity index is 1.11. The van der Waals surface area contributed by atoms with Crippen LogP contribution in [0.4, 0.5) is 0 Å². The van der Waals surface area contributed by atoms with E-state index < -0.39 is 0 Å². The van der Waals surface area contributed by atoms with Crippen molar-refractivity contribution in [1.29, 1.82) is 0 Å². The van der Waals surface area contributed by atoms with Crippen molar-refractivity contribution in [2.75, 3.05) is 0 Å². The summed E-state index contributed by atoms with van der Waals surface area (Å²) < 4.78 is 4.77. The molecule has 5 heteroatoms. The van der Waals surface area contributed by atoms with Crippen molar-refractivity contribution in [3.05, 3.63) is 224 Å². The van der Waals surface area contributed by atoms with E-state index in [1.807, 2.05) is 18.2 Å². The van der Waals surface area contributed by atoms with Gasteiger partial charge < -0.3 is 9.13 Å². The van der Waals surface area contributed by atoms with Crippen LogP contribution in [-0.4, -0.2) is 24.1 Å². The van der Waals surface area contributed by atoms with E-state index in [9.17, 15) is 0 Å². The van der Waals surface area contributed by atoms with Gasteiger partial charge in [0.05, 0.1) is 33.4 Å². The summed E-state index contributed by atoms with van der Waals surface area (Å²) in [5.41, 5.74) is 13.9. The summed E-state index contributed by atoms with van der Waals surface area (Å²) in [4.78, 5) is 15.8. The Morgan fingerprint density at radius 2 is 0.532 bits per heavy atom. The van der Waals surface area contributed by atoms with Gasteiger partial charge >= 0.3 is 0 Å². The van der Waals surface area contributed by atoms with Gasteiger partial charge in [0.2, 0.25) is 0 Å². The molecule has 5 nitrogen and oxygen atoms in total. The van der Waals surface area contributed by atoms with Gasteiger partial charge in [0.25, 0.3) is 0 Å². The fourth-order valence-electron chi connectivity index (χ4n) is 9.15. The van der Waals surface area contributed by atoms with Gasteiger partial charge in [-0.2, -0.15) is 0 Å². The van der Waals surface area contributed by atoms with Crippen LogP contribution in [0.2, 0.25) is 0 Å². The summed E-state index contributed by atoms with van der Waals surface area (Å²) in [6.45, 7) is 0. The summed E-state index contributed by atoms with van der Waals surface area (Å²) in [5, 5.41) is 4.83. The third-order valence-corrected chi connectivity index (χ3v) is 12.0. The van der Waals surface area contributed by atoms with Crippen LogP contribution in [0.5, 0.6) is 0 Å². The summed E-state index contributed by atoms with van der Waals surface area (Å²) >= 11 is 0. The van der Waals surface area contributed by atoms with E-state index in [-0.39, 0.29) is 0 Å². The van der Waals surface area contributed by atoms with E-state index in [2.05, 4.69) is 215 Å². The van der Waals surface area contributed by atoms with Crippen molar-refractivity contribution >= 4 is 43.6 Å². The second-order valence-electron chi connectivity index (χ2n) is 15.6. The Kier molecular flexibility index (Phi) is 8.42. The molecule has 0 saturated heterocycles. The summed E-state index contributed by atoms with van der Waals surface area (Å²) in [7, 11) is 0. The maximum absolute atomic E-state index is 5.36. The van der Waals surface area contributed by atoms with Gasteiger partial charge in [-0.05, 0) is 47.5 Å². The predicted molar refractivity (Wildman–Crippen MR) is 256 cm³/mol. The first kappa shape index (κ1) is 35.5. The molecule has 0 saturated carbocycles. The first-order valence-corrected chi connectivity index (χ1v) is 21.0. The van der Waals surface area contributed by atoms with E-state index in [1.165, 1.54) is 21.5 Å². The zero-order valence-electron chi connectivity index (χ0n) is 33.6. The van der Waals surface area contributed by atoms with Crippen LogP contribution >= 0.6 is 0 Å². The van der Waals surface area contributed by atoms with Crippen LogP contribution in [0.25, 0.3) is 111 Å². The highest BCUT2D eigenvalue weighted by Gasteiger charge is 2.21. The standard InChI is InChI=1S/C57H37N5/c1-4-18-38(19-5-1)43-34-32-41(36-53(43)61-49-28-14-10-24-45(49)46-25-11-15-29-50(46)61)56-58-55(40-22-8-3-9-23-40)59-57(60-56)42-33-35-44(39-20-6-2-7-21-39)54(37-42)62-51-30-16-12-26-47(51)48-27-13-17-31-52(48)62/h1-37H. The number of benzene rings is 9. The normalized spacial score (nSPS) is 11.5. The van der Waals surface area contributed by atoms with Crippen LogP contribution < -0.4 is 0 Å². The Labute approximate surface area is 358 Å². The number of hydrogen-bond acceptors (Lipinski definition) is 3. The van der Waals surface area contributed by atoms with E-state index in [4.69, 9.17) is 15.0 Å². The van der Waals surface area contributed by atoms with Crippen molar-refractivity contribution in [3.63, 3.8) is 0 Å². The lowest BCUT2D eigenvalue weighted by molar-refractivity contribution is 1.07. The lowest BCUT2D eigenvalue weighted by Gasteiger charge is -2.17. The van der Waals surface area contributed by atoms with E-state index in [0.29, 0.717) is 17.5 Å². The molecule has 0 unspecified atom stereocenters. The zero-order valence-corrected chi connectivity index (χ0v) is 33.6. The maximum atomic E-state index is 5.36. The van der Waals surface area contributed by atoms with E-state index in [1.54, 1.807) is 0 Å². The molecule has 62 heavy (non-hydrogen) atoms. The molecule has 0 N–H and O–H groups in total. The predicted octanol–water partition coefficient (Wildman–Crippen LogP) is 14.4. The SMILES string of the molecule is c1ccc(-c2nc(-c3ccc(-c4ccccc4)c(-n4c5ccccc5c5ccccc54)c3)nc(-c3ccc(-c4ccccc4)c(-n4c5ccccc5c5ccccc54)c3)n2)cc1. The van der Waals surface area contributed by atoms with Crippen LogP contribution in [0.15, 0.2) is 224 Å². The highest BCUT2D eigenvalue weighted by Crippen LogP contribution is 2.40. The molecule has 0 aliphatic rings. The number of fused-ring (bicyclic) bond motifs is 6. The van der Waals surface area contributed by atoms with Gasteiger partial charge in [0, 0.05) is 49.4 Å². The van der Waals surface area contributed by atoms with Gasteiger partial charge in [0.1, 0.15) is 0 Å². The van der Waals surface area contributed by atoms with Gasteiger partial charge in [-0.15, -0.1) is 0 Å². The van der Waals surface area contributed by atoms with Crippen LogP contribution in [0, 0.1) is 0 Å². The topological polar surface area (TPSA) is 48.5 Å². The molecule has 290 valence electrons. The number of rotatable bonds is 7. The molecule has 0 radical (unpaired) electrons. The molecule has 12 aromatic rings.